The summed E-state index contributed by atoms with van der Waals surface area (Å²) in [6.07, 6.45) is 6.37. The Hall–Kier alpha value is -0.610. The minimum Gasteiger partial charge on any atom is -0.396 e. The largest absolute Gasteiger partial charge is 0.396 e. The molecule has 4 heteroatoms. The van der Waals surface area contributed by atoms with E-state index in [1.807, 2.05) is 11.8 Å². The van der Waals surface area contributed by atoms with E-state index in [-0.39, 0.29) is 18.6 Å². The first-order chi connectivity index (χ1) is 8.15. The van der Waals surface area contributed by atoms with Crippen LogP contribution in [0.5, 0.6) is 0 Å². The van der Waals surface area contributed by atoms with E-state index in [1.165, 1.54) is 0 Å². The summed E-state index contributed by atoms with van der Waals surface area (Å²) in [4.78, 5) is 14.0. The summed E-state index contributed by atoms with van der Waals surface area (Å²) in [5, 5.41) is 8.84. The third kappa shape index (κ3) is 5.04. The van der Waals surface area contributed by atoms with Crippen molar-refractivity contribution in [3.8, 4) is 0 Å². The Morgan fingerprint density at radius 3 is 2.94 bits per heavy atom. The molecule has 1 rings (SSSR count). The minimum atomic E-state index is 0.187. The van der Waals surface area contributed by atoms with E-state index in [1.54, 1.807) is 0 Å². The highest BCUT2D eigenvalue weighted by atomic mass is 16.3. The number of carbonyl (C=O) groups excluding carboxylic acids is 1. The number of nitrogens with zero attached hydrogens (tertiary/aromatic N) is 1. The molecule has 4 nitrogen and oxygen atoms in total. The van der Waals surface area contributed by atoms with E-state index >= 15 is 0 Å². The van der Waals surface area contributed by atoms with E-state index < -0.39 is 0 Å². The fourth-order valence-electron chi connectivity index (χ4n) is 2.51. The predicted molar refractivity (Wildman–Crippen MR) is 68.6 cm³/mol. The van der Waals surface area contributed by atoms with Gasteiger partial charge in [-0.3, -0.25) is 4.79 Å². The van der Waals surface area contributed by atoms with E-state index in [2.05, 4.69) is 0 Å². The molecule has 0 saturated carbocycles. The van der Waals surface area contributed by atoms with Crippen LogP contribution >= 0.6 is 0 Å². The molecule has 1 aliphatic rings. The van der Waals surface area contributed by atoms with Gasteiger partial charge in [0.25, 0.3) is 0 Å². The Morgan fingerprint density at radius 1 is 1.53 bits per heavy atom. The van der Waals surface area contributed by atoms with Gasteiger partial charge in [-0.15, -0.1) is 0 Å². The predicted octanol–water partition coefficient (Wildman–Crippen LogP) is 1.27. The second-order valence-corrected chi connectivity index (χ2v) is 5.12. The molecule has 0 radical (unpaired) electrons. The third-order valence-electron chi connectivity index (χ3n) is 3.44. The number of aliphatic hydroxyl groups excluding tert-OH is 1. The second kappa shape index (κ2) is 7.67. The van der Waals surface area contributed by atoms with Crippen LogP contribution in [0, 0.1) is 0 Å². The van der Waals surface area contributed by atoms with Gasteiger partial charge in [0.2, 0.25) is 5.91 Å². The highest BCUT2D eigenvalue weighted by molar-refractivity contribution is 5.76. The normalized spacial score (nSPS) is 21.8. The highest BCUT2D eigenvalue weighted by Gasteiger charge is 2.27. The lowest BCUT2D eigenvalue weighted by Gasteiger charge is -2.24. The van der Waals surface area contributed by atoms with E-state index in [4.69, 9.17) is 10.8 Å². The first-order valence-corrected chi connectivity index (χ1v) is 6.81. The number of hydrogen-bond donors (Lipinski definition) is 2. The van der Waals surface area contributed by atoms with Gasteiger partial charge >= 0.3 is 0 Å². The minimum absolute atomic E-state index is 0.187. The van der Waals surface area contributed by atoms with E-state index in [0.29, 0.717) is 12.5 Å². The number of nitrogens with two attached hydrogens (primary N) is 1. The number of carbonyl (C=O) groups is 1. The molecule has 0 aromatic carbocycles. The second-order valence-electron chi connectivity index (χ2n) is 5.12. The molecule has 0 aromatic rings. The molecule has 0 bridgehead atoms. The Morgan fingerprint density at radius 2 is 2.29 bits per heavy atom. The molecular weight excluding hydrogens is 216 g/mol. The van der Waals surface area contributed by atoms with Crippen LogP contribution in [0.3, 0.4) is 0 Å². The standard InChI is InChI=1S/C13H26N2O2/c1-11(14)5-2-8-13(17)15-9-3-6-12(15)7-4-10-16/h11-12,16H,2-10,14H2,1H3. The van der Waals surface area contributed by atoms with Gasteiger partial charge in [-0.05, 0) is 45.4 Å². The van der Waals surface area contributed by atoms with Crippen LogP contribution in [0.4, 0.5) is 0 Å². The molecule has 1 fully saturated rings. The first kappa shape index (κ1) is 14.5. The van der Waals surface area contributed by atoms with Crippen molar-refractivity contribution in [3.05, 3.63) is 0 Å². The maximum absolute atomic E-state index is 12.0. The number of hydrogen-bond acceptors (Lipinski definition) is 3. The zero-order valence-corrected chi connectivity index (χ0v) is 10.9. The number of rotatable bonds is 7. The molecule has 1 saturated heterocycles. The summed E-state index contributed by atoms with van der Waals surface area (Å²) in [7, 11) is 0. The third-order valence-corrected chi connectivity index (χ3v) is 3.44. The molecule has 1 aliphatic heterocycles. The summed E-state index contributed by atoms with van der Waals surface area (Å²) < 4.78 is 0. The lowest BCUT2D eigenvalue weighted by molar-refractivity contribution is -0.132. The molecule has 3 N–H and O–H groups in total. The number of amides is 1. The fourth-order valence-corrected chi connectivity index (χ4v) is 2.51. The van der Waals surface area contributed by atoms with Crippen LogP contribution in [-0.4, -0.2) is 41.1 Å². The van der Waals surface area contributed by atoms with Gasteiger partial charge in [-0.1, -0.05) is 0 Å². The van der Waals surface area contributed by atoms with Crippen molar-refractivity contribution < 1.29 is 9.90 Å². The molecule has 17 heavy (non-hydrogen) atoms. The Balaban J connectivity index is 2.28. The fraction of sp³-hybridized carbons (Fsp3) is 0.923. The van der Waals surface area contributed by atoms with Crippen molar-refractivity contribution in [1.82, 2.24) is 4.90 Å². The van der Waals surface area contributed by atoms with Gasteiger partial charge < -0.3 is 15.7 Å². The SMILES string of the molecule is CC(N)CCCC(=O)N1CCCC1CCCO. The molecule has 0 aliphatic carbocycles. The average Bonchev–Trinajstić information content (AvgIpc) is 2.73. The molecule has 1 amide bonds. The topological polar surface area (TPSA) is 66.6 Å². The molecule has 0 spiro atoms. The van der Waals surface area contributed by atoms with Crippen molar-refractivity contribution in [2.45, 2.75) is 64.0 Å². The van der Waals surface area contributed by atoms with Crippen LogP contribution in [0.1, 0.15) is 51.9 Å². The van der Waals surface area contributed by atoms with E-state index in [0.717, 1.165) is 45.1 Å². The van der Waals surface area contributed by atoms with Gasteiger partial charge in [-0.2, -0.15) is 0 Å². The van der Waals surface area contributed by atoms with Crippen molar-refractivity contribution in [2.75, 3.05) is 13.2 Å². The molecule has 0 aromatic heterocycles. The van der Waals surface area contributed by atoms with Gasteiger partial charge in [0.15, 0.2) is 0 Å². The van der Waals surface area contributed by atoms with E-state index in [9.17, 15) is 4.79 Å². The summed E-state index contributed by atoms with van der Waals surface area (Å²) in [5.74, 6) is 0.270. The van der Waals surface area contributed by atoms with Crippen molar-refractivity contribution in [1.29, 1.82) is 0 Å². The molecule has 2 atom stereocenters. The highest BCUT2D eigenvalue weighted by Crippen LogP contribution is 2.22. The smallest absolute Gasteiger partial charge is 0.222 e. The number of likely N-dealkylation sites (tertiary alicyclic amines) is 1. The Labute approximate surface area is 104 Å². The van der Waals surface area contributed by atoms with Crippen LogP contribution in [0.25, 0.3) is 0 Å². The summed E-state index contributed by atoms with van der Waals surface area (Å²) in [6, 6.07) is 0.552. The van der Waals surface area contributed by atoms with Crippen molar-refractivity contribution >= 4 is 5.91 Å². The van der Waals surface area contributed by atoms with Gasteiger partial charge in [-0.25, -0.2) is 0 Å². The molecule has 100 valence electrons. The quantitative estimate of drug-likeness (QED) is 0.706. The average molecular weight is 242 g/mol. The Bertz CT molecular complexity index is 231. The first-order valence-electron chi connectivity index (χ1n) is 6.81. The van der Waals surface area contributed by atoms with Crippen molar-refractivity contribution in [3.63, 3.8) is 0 Å². The van der Waals surface area contributed by atoms with Crippen LogP contribution < -0.4 is 5.73 Å². The number of aliphatic hydroxyl groups is 1. The van der Waals surface area contributed by atoms with Gasteiger partial charge in [0, 0.05) is 31.7 Å². The van der Waals surface area contributed by atoms with Crippen LogP contribution in [0.15, 0.2) is 0 Å². The zero-order chi connectivity index (χ0) is 12.7. The lowest BCUT2D eigenvalue weighted by Crippen LogP contribution is -2.35. The summed E-state index contributed by atoms with van der Waals surface area (Å²) in [6.45, 7) is 3.10. The lowest BCUT2D eigenvalue weighted by atomic mass is 10.1. The molecule has 1 heterocycles. The van der Waals surface area contributed by atoms with Crippen molar-refractivity contribution in [2.24, 2.45) is 5.73 Å². The maximum Gasteiger partial charge on any atom is 0.222 e. The zero-order valence-electron chi connectivity index (χ0n) is 10.9. The summed E-state index contributed by atoms with van der Waals surface area (Å²) in [5.41, 5.74) is 5.67. The molecular formula is C13H26N2O2. The van der Waals surface area contributed by atoms with Crippen LogP contribution in [-0.2, 0) is 4.79 Å². The monoisotopic (exact) mass is 242 g/mol. The van der Waals surface area contributed by atoms with Gasteiger partial charge in [0.1, 0.15) is 0 Å². The van der Waals surface area contributed by atoms with Crippen LogP contribution in [0.2, 0.25) is 0 Å². The maximum atomic E-state index is 12.0. The van der Waals surface area contributed by atoms with Gasteiger partial charge in [0.05, 0.1) is 0 Å². The summed E-state index contributed by atoms with van der Waals surface area (Å²) >= 11 is 0. The Kier molecular flexibility index (Phi) is 6.52. The molecule has 2 unspecified atom stereocenters.